The van der Waals surface area contributed by atoms with E-state index in [-0.39, 0.29) is 5.92 Å². The number of fused-ring (bicyclic) bond motifs is 2. The fraction of sp³-hybridized carbons (Fsp3) is 0.182. The predicted molar refractivity (Wildman–Crippen MR) is 205 cm³/mol. The molecule has 0 aliphatic rings. The molecule has 236 valence electrons. The van der Waals surface area contributed by atoms with Gasteiger partial charge in [-0.25, -0.2) is 0 Å². The molecule has 0 saturated heterocycles. The van der Waals surface area contributed by atoms with Crippen molar-refractivity contribution in [3.8, 4) is 11.4 Å². The normalized spacial score (nSPS) is 12.4. The van der Waals surface area contributed by atoms with E-state index in [9.17, 15) is 0 Å². The Hall–Kier alpha value is -5.28. The van der Waals surface area contributed by atoms with Gasteiger partial charge in [-0.05, 0) is 93.3 Å². The molecule has 0 aliphatic carbocycles. The molecular weight excluding hydrogens is 571 g/mol. The molecule has 0 saturated carbocycles. The highest BCUT2D eigenvalue weighted by Crippen LogP contribution is 2.39. The van der Waals surface area contributed by atoms with Crippen LogP contribution in [0, 0.1) is 6.92 Å². The van der Waals surface area contributed by atoms with Crippen LogP contribution in [0.4, 0.5) is 11.4 Å². The monoisotopic (exact) mass is 615 g/mol. The molecule has 1 unspecified atom stereocenters. The van der Waals surface area contributed by atoms with Crippen molar-refractivity contribution >= 4 is 39.3 Å². The van der Waals surface area contributed by atoms with Crippen LogP contribution in [0.3, 0.4) is 0 Å². The molecule has 6 aromatic rings. The number of hydrogen-bond acceptors (Lipinski definition) is 1. The maximum atomic E-state index is 4.14. The van der Waals surface area contributed by atoms with Crippen LogP contribution in [0.2, 0.25) is 0 Å². The number of allylic oxidation sites excluding steroid dienone is 4. The quantitative estimate of drug-likeness (QED) is 0.125. The van der Waals surface area contributed by atoms with E-state index in [1.807, 2.05) is 12.2 Å². The highest BCUT2D eigenvalue weighted by Gasteiger charge is 2.21. The zero-order valence-corrected chi connectivity index (χ0v) is 28.2. The van der Waals surface area contributed by atoms with Crippen molar-refractivity contribution in [2.75, 3.05) is 11.4 Å². The molecule has 0 N–H and O–H groups in total. The molecule has 0 radical (unpaired) electrons. The predicted octanol–water partition coefficient (Wildman–Crippen LogP) is 12.0. The highest BCUT2D eigenvalue weighted by atomic mass is 15.1. The number of benzene rings is 4. The second-order valence-electron chi connectivity index (χ2n) is 12.2. The lowest BCUT2D eigenvalue weighted by Crippen LogP contribution is -2.20. The van der Waals surface area contributed by atoms with Crippen LogP contribution in [0.1, 0.15) is 55.6 Å². The Morgan fingerprint density at radius 1 is 0.787 bits per heavy atom. The summed E-state index contributed by atoms with van der Waals surface area (Å²) in [5, 5.41) is 2.51. The van der Waals surface area contributed by atoms with Crippen molar-refractivity contribution in [1.29, 1.82) is 0 Å². The zero-order valence-electron chi connectivity index (χ0n) is 28.2. The van der Waals surface area contributed by atoms with Gasteiger partial charge in [0.15, 0.2) is 0 Å². The van der Waals surface area contributed by atoms with Gasteiger partial charge < -0.3 is 14.0 Å². The van der Waals surface area contributed by atoms with Gasteiger partial charge in [-0.2, -0.15) is 0 Å². The molecule has 0 spiro atoms. The van der Waals surface area contributed by atoms with E-state index >= 15 is 0 Å². The Morgan fingerprint density at radius 3 is 2.23 bits per heavy atom. The minimum absolute atomic E-state index is 0.207. The van der Waals surface area contributed by atoms with Crippen LogP contribution >= 0.6 is 0 Å². The van der Waals surface area contributed by atoms with Crippen molar-refractivity contribution in [3.05, 3.63) is 163 Å². The standard InChI is InChI=1S/C44H45N3/c1-7-11-21-35-28-34-20-13-16-24-42(34)46(35)37-29-36(45(27-12-8-2)43-25-17-14-22-39(43)32(5)10-4)30-38(31-37)47-41(19-9-3)33(6)40-23-15-18-26-44(40)47/h7-10,12-20,22-26,28-32H,1,4,11,21,27H2,2-3,5-6H3/b12-8-,19-9-. The van der Waals surface area contributed by atoms with Gasteiger partial charge in [0.2, 0.25) is 0 Å². The SMILES string of the molecule is C=CCCc1cc2ccccc2n1-c1cc(N(C/C=C\C)c2ccccc2C(C)C=C)cc(-n2c(/C=C\C)c(C)c3ccccc32)c1. The minimum Gasteiger partial charge on any atom is -0.337 e. The highest BCUT2D eigenvalue weighted by molar-refractivity contribution is 5.91. The van der Waals surface area contributed by atoms with E-state index in [1.54, 1.807) is 0 Å². The number of para-hydroxylation sites is 3. The molecule has 4 aromatic carbocycles. The second-order valence-corrected chi connectivity index (χ2v) is 12.2. The van der Waals surface area contributed by atoms with Crippen molar-refractivity contribution in [1.82, 2.24) is 9.13 Å². The van der Waals surface area contributed by atoms with E-state index in [4.69, 9.17) is 0 Å². The molecule has 0 fully saturated rings. The van der Waals surface area contributed by atoms with Crippen LogP contribution in [0.25, 0.3) is 39.3 Å². The summed E-state index contributed by atoms with van der Waals surface area (Å²) in [4.78, 5) is 2.45. The minimum atomic E-state index is 0.207. The third-order valence-electron chi connectivity index (χ3n) is 9.20. The van der Waals surface area contributed by atoms with Crippen LogP contribution in [-0.4, -0.2) is 15.7 Å². The lowest BCUT2D eigenvalue weighted by Gasteiger charge is -2.29. The lowest BCUT2D eigenvalue weighted by atomic mass is 9.98. The number of hydrogen-bond donors (Lipinski definition) is 0. The van der Waals surface area contributed by atoms with Gasteiger partial charge in [0.1, 0.15) is 0 Å². The van der Waals surface area contributed by atoms with E-state index in [1.165, 1.54) is 50.0 Å². The molecular formula is C44H45N3. The first-order valence-electron chi connectivity index (χ1n) is 16.7. The lowest BCUT2D eigenvalue weighted by molar-refractivity contribution is 0.898. The molecule has 1 atom stereocenters. The van der Waals surface area contributed by atoms with E-state index in [0.29, 0.717) is 0 Å². The molecule has 3 nitrogen and oxygen atoms in total. The summed E-state index contributed by atoms with van der Waals surface area (Å²) < 4.78 is 4.88. The van der Waals surface area contributed by atoms with Crippen molar-refractivity contribution in [3.63, 3.8) is 0 Å². The fourth-order valence-electron chi connectivity index (χ4n) is 6.80. The Kier molecular flexibility index (Phi) is 9.45. The molecule has 3 heteroatoms. The van der Waals surface area contributed by atoms with Gasteiger partial charge in [-0.1, -0.05) is 91.9 Å². The number of anilines is 2. The summed E-state index contributed by atoms with van der Waals surface area (Å²) >= 11 is 0. The number of rotatable bonds is 12. The summed E-state index contributed by atoms with van der Waals surface area (Å²) in [5.74, 6) is 0.207. The second kappa shape index (κ2) is 14.0. The topological polar surface area (TPSA) is 13.1 Å². The van der Waals surface area contributed by atoms with Crippen LogP contribution in [-0.2, 0) is 6.42 Å². The smallest absolute Gasteiger partial charge is 0.0537 e. The Bertz CT molecular complexity index is 2120. The van der Waals surface area contributed by atoms with E-state index in [0.717, 1.165) is 36.4 Å². The fourth-order valence-corrected chi connectivity index (χ4v) is 6.80. The van der Waals surface area contributed by atoms with Crippen LogP contribution < -0.4 is 4.90 Å². The van der Waals surface area contributed by atoms with Crippen molar-refractivity contribution in [2.45, 2.75) is 46.5 Å². The van der Waals surface area contributed by atoms with Gasteiger partial charge in [0, 0.05) is 51.7 Å². The maximum Gasteiger partial charge on any atom is 0.0537 e. The van der Waals surface area contributed by atoms with E-state index in [2.05, 4.69) is 176 Å². The van der Waals surface area contributed by atoms with Gasteiger partial charge >= 0.3 is 0 Å². The molecule has 47 heavy (non-hydrogen) atoms. The van der Waals surface area contributed by atoms with Gasteiger partial charge in [-0.3, -0.25) is 0 Å². The van der Waals surface area contributed by atoms with Gasteiger partial charge in [0.05, 0.1) is 16.7 Å². The Morgan fingerprint density at radius 2 is 1.49 bits per heavy atom. The molecule has 0 amide bonds. The van der Waals surface area contributed by atoms with Crippen molar-refractivity contribution < 1.29 is 0 Å². The summed E-state index contributed by atoms with van der Waals surface area (Å²) in [5.41, 5.74) is 12.0. The molecule has 0 aliphatic heterocycles. The maximum absolute atomic E-state index is 4.14. The van der Waals surface area contributed by atoms with Gasteiger partial charge in [0.25, 0.3) is 0 Å². The molecule has 2 heterocycles. The largest absolute Gasteiger partial charge is 0.337 e. The average Bonchev–Trinajstić information content (AvgIpc) is 3.62. The molecule has 0 bridgehead atoms. The Balaban J connectivity index is 1.71. The average molecular weight is 616 g/mol. The Labute approximate surface area is 280 Å². The van der Waals surface area contributed by atoms with E-state index < -0.39 is 0 Å². The summed E-state index contributed by atoms with van der Waals surface area (Å²) in [6.07, 6.45) is 14.6. The first kappa shape index (κ1) is 31.7. The van der Waals surface area contributed by atoms with Crippen LogP contribution in [0.5, 0.6) is 0 Å². The first-order chi connectivity index (χ1) is 23.0. The third-order valence-corrected chi connectivity index (χ3v) is 9.20. The summed E-state index contributed by atoms with van der Waals surface area (Å²) in [7, 11) is 0. The first-order valence-corrected chi connectivity index (χ1v) is 16.7. The number of aryl methyl sites for hydroxylation is 2. The van der Waals surface area contributed by atoms with Gasteiger partial charge in [-0.15, -0.1) is 13.2 Å². The van der Waals surface area contributed by atoms with Crippen LogP contribution in [0.15, 0.2) is 141 Å². The molecule has 2 aromatic heterocycles. The number of aromatic nitrogens is 2. The number of nitrogens with zero attached hydrogens (tertiary/aromatic N) is 3. The summed E-state index contributed by atoms with van der Waals surface area (Å²) in [6, 6.07) is 35.6. The molecule has 6 rings (SSSR count). The third kappa shape index (κ3) is 6.02. The summed E-state index contributed by atoms with van der Waals surface area (Å²) in [6.45, 7) is 17.6. The van der Waals surface area contributed by atoms with Crippen molar-refractivity contribution in [2.24, 2.45) is 0 Å². The zero-order chi connectivity index (χ0) is 32.9.